The molecule has 4 nitrogen and oxygen atoms in total. The van der Waals surface area contributed by atoms with Crippen LogP contribution in [0.5, 0.6) is 11.5 Å². The van der Waals surface area contributed by atoms with Gasteiger partial charge in [-0.1, -0.05) is 0 Å². The van der Waals surface area contributed by atoms with Crippen LogP contribution in [0.3, 0.4) is 0 Å². The Morgan fingerprint density at radius 1 is 1.50 bits per heavy atom. The lowest BCUT2D eigenvalue weighted by Gasteiger charge is -2.18. The molecule has 0 saturated carbocycles. The van der Waals surface area contributed by atoms with Gasteiger partial charge in [0.05, 0.1) is 5.60 Å². The molecule has 0 aromatic heterocycles. The second kappa shape index (κ2) is 3.96. The van der Waals surface area contributed by atoms with Crippen molar-refractivity contribution in [2.24, 2.45) is 0 Å². The predicted molar refractivity (Wildman–Crippen MR) is 58.7 cm³/mol. The van der Waals surface area contributed by atoms with E-state index in [1.165, 1.54) is 0 Å². The Balaban J connectivity index is 2.08. The fourth-order valence-corrected chi connectivity index (χ4v) is 1.52. The first kappa shape index (κ1) is 11.2. The summed E-state index contributed by atoms with van der Waals surface area (Å²) in [5.41, 5.74) is -0.0741. The quantitative estimate of drug-likeness (QED) is 0.811. The van der Waals surface area contributed by atoms with E-state index >= 15 is 0 Å². The smallest absolute Gasteiger partial charge is 0.129 e. The molecule has 1 aliphatic heterocycles. The Bertz CT molecular complexity index is 381. The Kier molecular flexibility index (Phi) is 2.78. The van der Waals surface area contributed by atoms with Crippen molar-refractivity contribution in [1.29, 1.82) is 0 Å². The Morgan fingerprint density at radius 2 is 2.25 bits per heavy atom. The molecule has 2 rings (SSSR count). The van der Waals surface area contributed by atoms with Gasteiger partial charge in [0.2, 0.25) is 0 Å². The van der Waals surface area contributed by atoms with Crippen LogP contribution in [0.4, 0.5) is 0 Å². The second-order valence-electron chi connectivity index (χ2n) is 4.63. The molecule has 0 spiro atoms. The fourth-order valence-electron chi connectivity index (χ4n) is 1.52. The largest absolute Gasteiger partial charge is 0.490 e. The summed E-state index contributed by atoms with van der Waals surface area (Å²) in [5, 5.41) is 19.0. The van der Waals surface area contributed by atoms with E-state index < -0.39 is 11.7 Å². The van der Waals surface area contributed by atoms with E-state index in [0.29, 0.717) is 18.1 Å². The van der Waals surface area contributed by atoms with Crippen LogP contribution < -0.4 is 9.47 Å². The number of aliphatic hydroxyl groups excluding tert-OH is 1. The standard InChI is InChI=1S/C12H16O4/c1-12(2,14)7-16-8-3-4-9-10(13)6-15-11(9)5-8/h3-5,10,13-14H,6-7H2,1-2H3. The molecular weight excluding hydrogens is 208 g/mol. The van der Waals surface area contributed by atoms with Crippen molar-refractivity contribution in [2.45, 2.75) is 25.6 Å². The summed E-state index contributed by atoms with van der Waals surface area (Å²) in [4.78, 5) is 0. The third kappa shape index (κ3) is 2.46. The molecule has 1 aliphatic rings. The summed E-state index contributed by atoms with van der Waals surface area (Å²) in [6, 6.07) is 5.28. The number of aliphatic hydroxyl groups is 2. The second-order valence-corrected chi connectivity index (χ2v) is 4.63. The van der Waals surface area contributed by atoms with Gasteiger partial charge in [-0.05, 0) is 26.0 Å². The number of benzene rings is 1. The van der Waals surface area contributed by atoms with Crippen LogP contribution in [0.1, 0.15) is 25.5 Å². The van der Waals surface area contributed by atoms with Crippen molar-refractivity contribution in [3.05, 3.63) is 23.8 Å². The zero-order valence-electron chi connectivity index (χ0n) is 9.43. The van der Waals surface area contributed by atoms with E-state index in [2.05, 4.69) is 0 Å². The molecule has 1 atom stereocenters. The maximum absolute atomic E-state index is 9.53. The van der Waals surface area contributed by atoms with Gasteiger partial charge >= 0.3 is 0 Å². The Morgan fingerprint density at radius 3 is 2.94 bits per heavy atom. The van der Waals surface area contributed by atoms with Crippen LogP contribution in [-0.2, 0) is 0 Å². The van der Waals surface area contributed by atoms with Crippen molar-refractivity contribution >= 4 is 0 Å². The zero-order valence-corrected chi connectivity index (χ0v) is 9.43. The van der Waals surface area contributed by atoms with E-state index in [4.69, 9.17) is 9.47 Å². The average molecular weight is 224 g/mol. The SMILES string of the molecule is CC(C)(O)COc1ccc2c(c1)OCC2O. The minimum Gasteiger partial charge on any atom is -0.490 e. The predicted octanol–water partition coefficient (Wildman–Crippen LogP) is 1.26. The molecule has 88 valence electrons. The average Bonchev–Trinajstić information content (AvgIpc) is 2.56. The molecule has 0 amide bonds. The minimum atomic E-state index is -0.862. The van der Waals surface area contributed by atoms with Gasteiger partial charge in [0.1, 0.15) is 30.8 Å². The lowest BCUT2D eigenvalue weighted by atomic mass is 10.1. The number of hydrogen-bond acceptors (Lipinski definition) is 4. The van der Waals surface area contributed by atoms with E-state index in [-0.39, 0.29) is 6.61 Å². The normalized spacial score (nSPS) is 19.1. The molecule has 4 heteroatoms. The fraction of sp³-hybridized carbons (Fsp3) is 0.500. The summed E-state index contributed by atoms with van der Waals surface area (Å²) >= 11 is 0. The van der Waals surface area contributed by atoms with Gasteiger partial charge in [-0.15, -0.1) is 0 Å². The molecule has 1 heterocycles. The molecular formula is C12H16O4. The van der Waals surface area contributed by atoms with Crippen molar-refractivity contribution in [3.8, 4) is 11.5 Å². The third-order valence-corrected chi connectivity index (χ3v) is 2.33. The van der Waals surface area contributed by atoms with Gasteiger partial charge in [-0.2, -0.15) is 0 Å². The molecule has 0 radical (unpaired) electrons. The van der Waals surface area contributed by atoms with Crippen molar-refractivity contribution in [1.82, 2.24) is 0 Å². The van der Waals surface area contributed by atoms with Crippen LogP contribution in [0.25, 0.3) is 0 Å². The molecule has 1 aromatic carbocycles. The van der Waals surface area contributed by atoms with Crippen LogP contribution in [0.15, 0.2) is 18.2 Å². The third-order valence-electron chi connectivity index (χ3n) is 2.33. The van der Waals surface area contributed by atoms with E-state index in [1.54, 1.807) is 32.0 Å². The summed E-state index contributed by atoms with van der Waals surface area (Å²) in [6.45, 7) is 3.87. The maximum Gasteiger partial charge on any atom is 0.129 e. The highest BCUT2D eigenvalue weighted by Crippen LogP contribution is 2.35. The topological polar surface area (TPSA) is 58.9 Å². The van der Waals surface area contributed by atoms with Gasteiger partial charge in [0, 0.05) is 11.6 Å². The molecule has 0 fully saturated rings. The molecule has 0 aliphatic carbocycles. The first-order valence-electron chi connectivity index (χ1n) is 5.26. The molecule has 0 saturated heterocycles. The highest BCUT2D eigenvalue weighted by atomic mass is 16.5. The number of ether oxygens (including phenoxy) is 2. The van der Waals surface area contributed by atoms with E-state index in [9.17, 15) is 10.2 Å². The zero-order chi connectivity index (χ0) is 11.8. The van der Waals surface area contributed by atoms with Crippen molar-refractivity contribution in [3.63, 3.8) is 0 Å². The van der Waals surface area contributed by atoms with Crippen LogP contribution in [0.2, 0.25) is 0 Å². The molecule has 1 unspecified atom stereocenters. The Labute approximate surface area is 94.4 Å². The van der Waals surface area contributed by atoms with Gasteiger partial charge in [-0.25, -0.2) is 0 Å². The van der Waals surface area contributed by atoms with Gasteiger partial charge < -0.3 is 19.7 Å². The number of hydrogen-bond donors (Lipinski definition) is 2. The van der Waals surface area contributed by atoms with E-state index in [1.807, 2.05) is 0 Å². The molecule has 2 N–H and O–H groups in total. The monoisotopic (exact) mass is 224 g/mol. The van der Waals surface area contributed by atoms with Gasteiger partial charge in [0.25, 0.3) is 0 Å². The highest BCUT2D eigenvalue weighted by molar-refractivity contribution is 5.44. The van der Waals surface area contributed by atoms with Gasteiger partial charge in [0.15, 0.2) is 0 Å². The first-order valence-corrected chi connectivity index (χ1v) is 5.26. The number of fused-ring (bicyclic) bond motifs is 1. The van der Waals surface area contributed by atoms with E-state index in [0.717, 1.165) is 5.56 Å². The van der Waals surface area contributed by atoms with Crippen LogP contribution in [0, 0.1) is 0 Å². The minimum absolute atomic E-state index is 0.217. The maximum atomic E-state index is 9.53. The summed E-state index contributed by atoms with van der Waals surface area (Å²) in [6.07, 6.45) is -0.543. The Hall–Kier alpha value is -1.26. The van der Waals surface area contributed by atoms with Gasteiger partial charge in [-0.3, -0.25) is 0 Å². The lowest BCUT2D eigenvalue weighted by molar-refractivity contribution is 0.0284. The number of rotatable bonds is 3. The molecule has 1 aromatic rings. The summed E-state index contributed by atoms with van der Waals surface area (Å²) in [7, 11) is 0. The molecule has 16 heavy (non-hydrogen) atoms. The van der Waals surface area contributed by atoms with Crippen LogP contribution >= 0.6 is 0 Å². The summed E-state index contributed by atoms with van der Waals surface area (Å²) < 4.78 is 10.7. The van der Waals surface area contributed by atoms with Crippen LogP contribution in [-0.4, -0.2) is 29.0 Å². The highest BCUT2D eigenvalue weighted by Gasteiger charge is 2.22. The summed E-state index contributed by atoms with van der Waals surface area (Å²) in [5.74, 6) is 1.29. The first-order chi connectivity index (χ1) is 7.46. The van der Waals surface area contributed by atoms with Crippen molar-refractivity contribution < 1.29 is 19.7 Å². The van der Waals surface area contributed by atoms with Crippen molar-refractivity contribution in [2.75, 3.05) is 13.2 Å². The molecule has 0 bridgehead atoms. The lowest BCUT2D eigenvalue weighted by Crippen LogP contribution is -2.27.